The summed E-state index contributed by atoms with van der Waals surface area (Å²) >= 11 is 0. The molecule has 0 radical (unpaired) electrons. The van der Waals surface area contributed by atoms with Crippen LogP contribution in [0.3, 0.4) is 0 Å². The van der Waals surface area contributed by atoms with Crippen molar-refractivity contribution in [2.45, 2.75) is 57.9 Å². The summed E-state index contributed by atoms with van der Waals surface area (Å²) in [6.07, 6.45) is 4.09. The van der Waals surface area contributed by atoms with Crippen molar-refractivity contribution in [2.24, 2.45) is 0 Å². The molecular formula is C17H29N2O7PSi. The molecule has 1 aliphatic rings. The van der Waals surface area contributed by atoms with Gasteiger partial charge in [-0.2, -0.15) is 0 Å². The number of hydrogen-bond donors (Lipinski definition) is 2. The van der Waals surface area contributed by atoms with Gasteiger partial charge in [0.05, 0.1) is 12.1 Å². The maximum Gasteiger partial charge on any atom is 0.351 e. The van der Waals surface area contributed by atoms with Gasteiger partial charge in [-0.25, -0.2) is 9.36 Å². The summed E-state index contributed by atoms with van der Waals surface area (Å²) < 4.78 is 24.3. The molecule has 2 atom stereocenters. The molecule has 2 N–H and O–H groups in total. The zero-order chi connectivity index (χ0) is 21.1. The van der Waals surface area contributed by atoms with Gasteiger partial charge in [-0.3, -0.25) is 13.9 Å². The standard InChI is InChI=1S/C17H29N2O7PSi/c1-13-10-18(14-5-6-15(9-14)26-12-27(22,23)24)17(21)19(16(13)20)11-25-7-8-28(2,3)4/h5-6,10,14-15H,7-9,11-12H2,1-4H3,(H2,22,23,24)/t14-,15+/m0/s1. The quantitative estimate of drug-likeness (QED) is 0.263. The van der Waals surface area contributed by atoms with Gasteiger partial charge >= 0.3 is 13.3 Å². The van der Waals surface area contributed by atoms with E-state index in [0.717, 1.165) is 10.6 Å². The van der Waals surface area contributed by atoms with E-state index in [1.165, 1.54) is 10.8 Å². The second-order valence-electron chi connectivity index (χ2n) is 8.27. The third-order valence-electron chi connectivity index (χ3n) is 4.42. The molecule has 0 fully saturated rings. The molecule has 11 heteroatoms. The third kappa shape index (κ3) is 6.65. The minimum Gasteiger partial charge on any atom is -0.361 e. The van der Waals surface area contributed by atoms with Gasteiger partial charge in [0.1, 0.15) is 13.1 Å². The Balaban J connectivity index is 2.11. The number of allylic oxidation sites excluding steroid dienone is 1. The number of aryl methyl sites for hydroxylation is 1. The number of hydrogen-bond acceptors (Lipinski definition) is 5. The number of ether oxygens (including phenoxy) is 2. The fraction of sp³-hybridized carbons (Fsp3) is 0.647. The maximum absolute atomic E-state index is 12.8. The molecule has 0 spiro atoms. The Morgan fingerprint density at radius 2 is 1.93 bits per heavy atom. The zero-order valence-electron chi connectivity index (χ0n) is 16.7. The van der Waals surface area contributed by atoms with Crippen LogP contribution in [0.15, 0.2) is 27.9 Å². The van der Waals surface area contributed by atoms with Gasteiger partial charge in [-0.05, 0) is 13.0 Å². The average molecular weight is 432 g/mol. The molecule has 0 amide bonds. The van der Waals surface area contributed by atoms with Gasteiger partial charge in [0, 0.05) is 32.9 Å². The average Bonchev–Trinajstić information content (AvgIpc) is 3.03. The molecule has 0 bridgehead atoms. The van der Waals surface area contributed by atoms with Crippen molar-refractivity contribution in [3.63, 3.8) is 0 Å². The molecule has 9 nitrogen and oxygen atoms in total. The molecule has 2 rings (SSSR count). The fourth-order valence-corrected chi connectivity index (χ4v) is 3.96. The van der Waals surface area contributed by atoms with Crippen molar-refractivity contribution in [2.75, 3.05) is 13.0 Å². The first kappa shape index (κ1) is 23.0. The van der Waals surface area contributed by atoms with Crippen molar-refractivity contribution in [1.82, 2.24) is 9.13 Å². The van der Waals surface area contributed by atoms with E-state index in [1.807, 2.05) is 0 Å². The smallest absolute Gasteiger partial charge is 0.351 e. The lowest BCUT2D eigenvalue weighted by molar-refractivity contribution is 0.0789. The number of aromatic nitrogens is 2. The summed E-state index contributed by atoms with van der Waals surface area (Å²) in [6, 6.07) is 0.577. The van der Waals surface area contributed by atoms with Gasteiger partial charge in [0.25, 0.3) is 5.56 Å². The molecule has 28 heavy (non-hydrogen) atoms. The number of rotatable bonds is 9. The molecule has 1 aromatic heterocycles. The van der Waals surface area contributed by atoms with Crippen molar-refractivity contribution in [3.05, 3.63) is 44.8 Å². The Morgan fingerprint density at radius 3 is 2.54 bits per heavy atom. The van der Waals surface area contributed by atoms with E-state index in [1.54, 1.807) is 19.1 Å². The van der Waals surface area contributed by atoms with Crippen LogP contribution in [-0.4, -0.2) is 46.1 Å². The molecule has 0 saturated carbocycles. The largest absolute Gasteiger partial charge is 0.361 e. The van der Waals surface area contributed by atoms with Gasteiger partial charge in [0.2, 0.25) is 0 Å². The van der Waals surface area contributed by atoms with Gasteiger partial charge < -0.3 is 19.3 Å². The summed E-state index contributed by atoms with van der Waals surface area (Å²) in [6.45, 7) is 8.70. The first-order valence-corrected chi connectivity index (χ1v) is 14.6. The minimum atomic E-state index is -4.25. The predicted molar refractivity (Wildman–Crippen MR) is 108 cm³/mol. The SMILES string of the molecule is Cc1cn([C@H]2C=C[C@@H](OCP(=O)(O)O)C2)c(=O)n(COCC[Si](C)(C)C)c1=O. The van der Waals surface area contributed by atoms with Crippen molar-refractivity contribution in [3.8, 4) is 0 Å². The lowest BCUT2D eigenvalue weighted by Crippen LogP contribution is -2.42. The Bertz CT molecular complexity index is 881. The van der Waals surface area contributed by atoms with Crippen LogP contribution in [0.4, 0.5) is 0 Å². The normalized spacial score (nSPS) is 20.1. The second-order valence-corrected chi connectivity index (χ2v) is 15.5. The molecular weight excluding hydrogens is 403 g/mol. The highest BCUT2D eigenvalue weighted by Crippen LogP contribution is 2.36. The van der Waals surface area contributed by atoms with Gasteiger partial charge in [-0.1, -0.05) is 31.8 Å². The monoisotopic (exact) mass is 432 g/mol. The molecule has 1 aromatic rings. The Morgan fingerprint density at radius 1 is 1.25 bits per heavy atom. The maximum atomic E-state index is 12.8. The molecule has 1 heterocycles. The molecule has 1 aliphatic carbocycles. The summed E-state index contributed by atoms with van der Waals surface area (Å²) in [7, 11) is -5.52. The van der Waals surface area contributed by atoms with Crippen LogP contribution in [0.1, 0.15) is 18.0 Å². The van der Waals surface area contributed by atoms with Gasteiger partial charge in [0.15, 0.2) is 0 Å². The topological polar surface area (TPSA) is 120 Å². The van der Waals surface area contributed by atoms with E-state index in [0.29, 0.717) is 18.6 Å². The zero-order valence-corrected chi connectivity index (χ0v) is 18.6. The highest BCUT2D eigenvalue weighted by atomic mass is 31.2. The molecule has 158 valence electrons. The Kier molecular flexibility index (Phi) is 7.41. The van der Waals surface area contributed by atoms with Gasteiger partial charge in [-0.15, -0.1) is 0 Å². The van der Waals surface area contributed by atoms with Crippen LogP contribution in [0.2, 0.25) is 25.7 Å². The lowest BCUT2D eigenvalue weighted by Gasteiger charge is -2.19. The first-order valence-electron chi connectivity index (χ1n) is 9.12. The number of nitrogens with zero attached hydrogens (tertiary/aromatic N) is 2. The molecule has 0 saturated heterocycles. The highest BCUT2D eigenvalue weighted by Gasteiger charge is 2.25. The lowest BCUT2D eigenvalue weighted by atomic mass is 10.2. The van der Waals surface area contributed by atoms with E-state index in [-0.39, 0.29) is 18.3 Å². The summed E-state index contributed by atoms with van der Waals surface area (Å²) in [5.41, 5.74) is -0.444. The summed E-state index contributed by atoms with van der Waals surface area (Å²) in [4.78, 5) is 43.0. The van der Waals surface area contributed by atoms with E-state index in [4.69, 9.17) is 19.3 Å². The van der Waals surface area contributed by atoms with E-state index in [2.05, 4.69) is 19.6 Å². The van der Waals surface area contributed by atoms with Crippen molar-refractivity contribution < 1.29 is 23.8 Å². The first-order chi connectivity index (χ1) is 12.9. The van der Waals surface area contributed by atoms with E-state index >= 15 is 0 Å². The van der Waals surface area contributed by atoms with Crippen LogP contribution in [0, 0.1) is 6.92 Å². The molecule has 0 aliphatic heterocycles. The van der Waals surface area contributed by atoms with Crippen molar-refractivity contribution in [1.29, 1.82) is 0 Å². The van der Waals surface area contributed by atoms with Crippen LogP contribution < -0.4 is 11.2 Å². The van der Waals surface area contributed by atoms with Crippen LogP contribution in [0.25, 0.3) is 0 Å². The predicted octanol–water partition coefficient (Wildman–Crippen LogP) is 1.65. The fourth-order valence-electron chi connectivity index (χ4n) is 2.81. The van der Waals surface area contributed by atoms with E-state index < -0.39 is 33.8 Å². The minimum absolute atomic E-state index is 0.0988. The Labute approximate surface area is 164 Å². The molecule has 0 aromatic carbocycles. The third-order valence-corrected chi connectivity index (χ3v) is 6.61. The van der Waals surface area contributed by atoms with Crippen molar-refractivity contribution >= 4 is 15.7 Å². The van der Waals surface area contributed by atoms with Crippen LogP contribution in [-0.2, 0) is 20.8 Å². The summed E-state index contributed by atoms with van der Waals surface area (Å²) in [5, 5.41) is 0. The van der Waals surface area contributed by atoms with E-state index in [9.17, 15) is 14.2 Å². The highest BCUT2D eigenvalue weighted by molar-refractivity contribution is 7.51. The summed E-state index contributed by atoms with van der Waals surface area (Å²) in [5.74, 6) is 0. The molecule has 0 unspecified atom stereocenters. The second kappa shape index (κ2) is 9.02. The van der Waals surface area contributed by atoms with Crippen LogP contribution in [0.5, 0.6) is 0 Å². The Hall–Kier alpha value is -1.29. The van der Waals surface area contributed by atoms with Crippen LogP contribution >= 0.6 is 7.60 Å².